The summed E-state index contributed by atoms with van der Waals surface area (Å²) in [5.74, 6) is 0.934. The lowest BCUT2D eigenvalue weighted by Gasteiger charge is -2.34. The predicted molar refractivity (Wildman–Crippen MR) is 58.9 cm³/mol. The van der Waals surface area contributed by atoms with E-state index in [1.807, 2.05) is 0 Å². The number of hydrogen-bond acceptors (Lipinski definition) is 1. The highest BCUT2D eigenvalue weighted by molar-refractivity contribution is 4.99. The molecule has 1 fully saturated rings. The van der Waals surface area contributed by atoms with Crippen molar-refractivity contribution in [3.63, 3.8) is 0 Å². The fraction of sp³-hybridized carbons (Fsp3) is 0.833. The minimum atomic E-state index is 0.714. The van der Waals surface area contributed by atoms with Crippen LogP contribution >= 0.6 is 0 Å². The van der Waals surface area contributed by atoms with E-state index in [9.17, 15) is 0 Å². The zero-order valence-corrected chi connectivity index (χ0v) is 9.10. The Bertz CT molecular complexity index is 159. The summed E-state index contributed by atoms with van der Waals surface area (Å²) < 4.78 is 0. The molecule has 1 aliphatic carbocycles. The second-order valence-corrected chi connectivity index (χ2v) is 4.16. The van der Waals surface area contributed by atoms with Crippen LogP contribution in [0.5, 0.6) is 0 Å². The lowest BCUT2D eigenvalue weighted by molar-refractivity contribution is 0.229. The lowest BCUT2D eigenvalue weighted by Crippen LogP contribution is -2.39. The first-order valence-corrected chi connectivity index (χ1v) is 5.68. The summed E-state index contributed by atoms with van der Waals surface area (Å²) >= 11 is 0. The molecule has 1 N–H and O–H groups in total. The second kappa shape index (κ2) is 5.43. The van der Waals surface area contributed by atoms with E-state index in [1.54, 1.807) is 0 Å². The highest BCUT2D eigenvalue weighted by Gasteiger charge is 2.26. The molecule has 0 aromatic carbocycles. The Balaban J connectivity index is 2.32. The lowest BCUT2D eigenvalue weighted by atomic mass is 9.77. The van der Waals surface area contributed by atoms with Crippen molar-refractivity contribution in [1.29, 1.82) is 0 Å². The van der Waals surface area contributed by atoms with Gasteiger partial charge in [-0.15, -0.1) is 0 Å². The second-order valence-electron chi connectivity index (χ2n) is 4.16. The fourth-order valence-corrected chi connectivity index (χ4v) is 1.97. The van der Waals surface area contributed by atoms with Gasteiger partial charge in [-0.2, -0.15) is 0 Å². The summed E-state index contributed by atoms with van der Waals surface area (Å²) in [6, 6.07) is 0.714. The van der Waals surface area contributed by atoms with Gasteiger partial charge < -0.3 is 5.32 Å². The molecular formula is C12H23N. The average Bonchev–Trinajstić information content (AvgIpc) is 2.01. The highest BCUT2D eigenvalue weighted by atomic mass is 14.9. The van der Waals surface area contributed by atoms with Crippen LogP contribution in [-0.2, 0) is 0 Å². The molecule has 0 aromatic heterocycles. The largest absolute Gasteiger partial charge is 0.314 e. The van der Waals surface area contributed by atoms with Gasteiger partial charge in [-0.05, 0) is 38.1 Å². The predicted octanol–water partition coefficient (Wildman–Crippen LogP) is 3.12. The van der Waals surface area contributed by atoms with Crippen LogP contribution in [0.3, 0.4) is 0 Å². The third kappa shape index (κ3) is 3.15. The monoisotopic (exact) mass is 181 g/mol. The zero-order chi connectivity index (χ0) is 9.68. The van der Waals surface area contributed by atoms with Gasteiger partial charge in [0.2, 0.25) is 0 Å². The van der Waals surface area contributed by atoms with Gasteiger partial charge in [-0.1, -0.05) is 32.4 Å². The quantitative estimate of drug-likeness (QED) is 0.621. The van der Waals surface area contributed by atoms with Gasteiger partial charge in [0.05, 0.1) is 0 Å². The van der Waals surface area contributed by atoms with E-state index in [4.69, 9.17) is 0 Å². The molecule has 0 spiro atoms. The molecule has 1 rings (SSSR count). The van der Waals surface area contributed by atoms with Crippen LogP contribution in [0.4, 0.5) is 0 Å². The summed E-state index contributed by atoms with van der Waals surface area (Å²) in [6.45, 7) is 9.59. The van der Waals surface area contributed by atoms with Crippen molar-refractivity contribution in [3.05, 3.63) is 12.2 Å². The van der Waals surface area contributed by atoms with Crippen LogP contribution in [0.15, 0.2) is 12.2 Å². The molecular weight excluding hydrogens is 158 g/mol. The Morgan fingerprint density at radius 2 is 2.15 bits per heavy atom. The van der Waals surface area contributed by atoms with E-state index in [0.29, 0.717) is 6.04 Å². The van der Waals surface area contributed by atoms with Gasteiger partial charge >= 0.3 is 0 Å². The van der Waals surface area contributed by atoms with Gasteiger partial charge in [0, 0.05) is 6.04 Å². The van der Waals surface area contributed by atoms with Crippen LogP contribution in [0.25, 0.3) is 0 Å². The van der Waals surface area contributed by atoms with Gasteiger partial charge in [0.1, 0.15) is 0 Å². The molecule has 1 atom stereocenters. The van der Waals surface area contributed by atoms with Crippen molar-refractivity contribution in [2.24, 2.45) is 5.92 Å². The highest BCUT2D eigenvalue weighted by Crippen LogP contribution is 2.32. The van der Waals surface area contributed by atoms with E-state index in [0.717, 1.165) is 18.9 Å². The smallest absolute Gasteiger partial charge is 0.0132 e. The maximum atomic E-state index is 4.10. The number of nitrogens with one attached hydrogen (secondary N) is 1. The summed E-state index contributed by atoms with van der Waals surface area (Å²) in [5.41, 5.74) is 1.40. The molecule has 76 valence electrons. The van der Waals surface area contributed by atoms with E-state index in [-0.39, 0.29) is 0 Å². The molecule has 0 aromatic rings. The first kappa shape index (κ1) is 10.8. The maximum absolute atomic E-state index is 4.10. The fourth-order valence-electron chi connectivity index (χ4n) is 1.97. The van der Waals surface area contributed by atoms with Crippen molar-refractivity contribution < 1.29 is 0 Å². The van der Waals surface area contributed by atoms with Crippen molar-refractivity contribution in [2.75, 3.05) is 6.54 Å². The van der Waals surface area contributed by atoms with Crippen molar-refractivity contribution in [2.45, 2.75) is 52.0 Å². The maximum Gasteiger partial charge on any atom is 0.0132 e. The summed E-state index contributed by atoms with van der Waals surface area (Å²) in [4.78, 5) is 0. The van der Waals surface area contributed by atoms with E-state index < -0.39 is 0 Å². The Morgan fingerprint density at radius 3 is 2.54 bits per heavy atom. The molecule has 13 heavy (non-hydrogen) atoms. The standard InChI is InChI=1S/C12H23N/c1-4-10(3)9-12(13-5-2)11-7-6-8-11/h11-13H,3-9H2,1-2H3. The molecule has 0 radical (unpaired) electrons. The topological polar surface area (TPSA) is 12.0 Å². The van der Waals surface area contributed by atoms with Crippen LogP contribution in [0.1, 0.15) is 46.0 Å². The molecule has 0 heterocycles. The van der Waals surface area contributed by atoms with E-state index >= 15 is 0 Å². The molecule has 0 bridgehead atoms. The van der Waals surface area contributed by atoms with Crippen LogP contribution in [-0.4, -0.2) is 12.6 Å². The van der Waals surface area contributed by atoms with Crippen LogP contribution in [0, 0.1) is 5.92 Å². The first-order chi connectivity index (χ1) is 6.27. The van der Waals surface area contributed by atoms with Crippen molar-refractivity contribution in [3.8, 4) is 0 Å². The molecule has 0 amide bonds. The Labute approximate surface area is 82.6 Å². The summed E-state index contributed by atoms with van der Waals surface area (Å²) in [5, 5.41) is 3.59. The third-order valence-electron chi connectivity index (χ3n) is 3.19. The molecule has 1 unspecified atom stereocenters. The zero-order valence-electron chi connectivity index (χ0n) is 9.10. The van der Waals surface area contributed by atoms with Gasteiger partial charge in [-0.25, -0.2) is 0 Å². The molecule has 1 saturated carbocycles. The van der Waals surface area contributed by atoms with Crippen molar-refractivity contribution in [1.82, 2.24) is 5.32 Å². The Kier molecular flexibility index (Phi) is 4.51. The average molecular weight is 181 g/mol. The van der Waals surface area contributed by atoms with Crippen molar-refractivity contribution >= 4 is 0 Å². The van der Waals surface area contributed by atoms with E-state index in [1.165, 1.54) is 31.3 Å². The Morgan fingerprint density at radius 1 is 1.46 bits per heavy atom. The van der Waals surface area contributed by atoms with Gasteiger partial charge in [0.25, 0.3) is 0 Å². The van der Waals surface area contributed by atoms with Gasteiger partial charge in [-0.3, -0.25) is 0 Å². The van der Waals surface area contributed by atoms with Gasteiger partial charge in [0.15, 0.2) is 0 Å². The molecule has 0 saturated heterocycles. The Hall–Kier alpha value is -0.300. The SMILES string of the molecule is C=C(CC)CC(NCC)C1CCC1. The molecule has 1 aliphatic rings. The summed E-state index contributed by atoms with van der Waals surface area (Å²) in [7, 11) is 0. The normalized spacial score (nSPS) is 19.5. The first-order valence-electron chi connectivity index (χ1n) is 5.68. The number of hydrogen-bond donors (Lipinski definition) is 1. The third-order valence-corrected chi connectivity index (χ3v) is 3.19. The number of rotatable bonds is 6. The van der Waals surface area contributed by atoms with Crippen LogP contribution < -0.4 is 5.32 Å². The molecule has 0 aliphatic heterocycles. The minimum Gasteiger partial charge on any atom is -0.314 e. The van der Waals surface area contributed by atoms with Crippen LogP contribution in [0.2, 0.25) is 0 Å². The van der Waals surface area contributed by atoms with E-state index in [2.05, 4.69) is 25.7 Å². The molecule has 1 heteroatoms. The summed E-state index contributed by atoms with van der Waals surface area (Å²) in [6.07, 6.45) is 6.61. The molecule has 1 nitrogen and oxygen atoms in total. The minimum absolute atomic E-state index is 0.714.